The monoisotopic (exact) mass is 424 g/mol. The molecule has 0 spiro atoms. The Morgan fingerprint density at radius 3 is 2.38 bits per heavy atom. The Morgan fingerprint density at radius 2 is 1.76 bits per heavy atom. The molecule has 6 nitrogen and oxygen atoms in total. The second-order valence-electron chi connectivity index (χ2n) is 7.24. The molecule has 1 aliphatic rings. The molecular formula is C20H22F2N2O4S. The zero-order valence-corrected chi connectivity index (χ0v) is 16.5. The predicted molar refractivity (Wildman–Crippen MR) is 103 cm³/mol. The molecule has 1 fully saturated rings. The van der Waals surface area contributed by atoms with Crippen LogP contribution in [0.4, 0.5) is 8.78 Å². The number of nitrogens with two attached hydrogens (primary N) is 1. The number of ether oxygens (including phenoxy) is 1. The number of nitrogens with zero attached hydrogens (tertiary/aromatic N) is 1. The SMILES string of the molecule is NC(=O)CC1(COc2ccccc2)CCCN(S(=O)(=O)c2c(F)cccc2F)C1. The van der Waals surface area contributed by atoms with Gasteiger partial charge in [-0.2, -0.15) is 4.31 Å². The summed E-state index contributed by atoms with van der Waals surface area (Å²) in [5.41, 5.74) is 4.51. The number of carbonyl (C=O) groups excluding carboxylic acids is 1. The number of amides is 1. The predicted octanol–water partition coefficient (Wildman–Crippen LogP) is 2.69. The summed E-state index contributed by atoms with van der Waals surface area (Å²) in [5, 5.41) is 0. The van der Waals surface area contributed by atoms with Gasteiger partial charge in [-0.15, -0.1) is 0 Å². The van der Waals surface area contributed by atoms with E-state index < -0.39 is 37.9 Å². The number of sulfonamides is 1. The van der Waals surface area contributed by atoms with E-state index in [1.165, 1.54) is 0 Å². The van der Waals surface area contributed by atoms with Crippen LogP contribution in [0.25, 0.3) is 0 Å². The van der Waals surface area contributed by atoms with Crippen molar-refractivity contribution >= 4 is 15.9 Å². The highest BCUT2D eigenvalue weighted by atomic mass is 32.2. The fourth-order valence-corrected chi connectivity index (χ4v) is 5.36. The first-order valence-electron chi connectivity index (χ1n) is 9.14. The maximum Gasteiger partial charge on any atom is 0.248 e. The zero-order chi connectivity index (χ0) is 21.1. The van der Waals surface area contributed by atoms with E-state index in [1.807, 2.05) is 6.07 Å². The molecule has 156 valence electrons. The molecule has 1 aliphatic heterocycles. The lowest BCUT2D eigenvalue weighted by molar-refractivity contribution is -0.121. The van der Waals surface area contributed by atoms with E-state index in [1.54, 1.807) is 24.3 Å². The van der Waals surface area contributed by atoms with Gasteiger partial charge in [-0.25, -0.2) is 17.2 Å². The summed E-state index contributed by atoms with van der Waals surface area (Å²) in [4.78, 5) is 10.7. The summed E-state index contributed by atoms with van der Waals surface area (Å²) < 4.78 is 61.0. The molecule has 1 amide bonds. The van der Waals surface area contributed by atoms with Crippen LogP contribution in [0.3, 0.4) is 0 Å². The minimum atomic E-state index is -4.44. The third-order valence-corrected chi connectivity index (χ3v) is 6.88. The molecule has 1 saturated heterocycles. The molecule has 0 bridgehead atoms. The highest BCUT2D eigenvalue weighted by molar-refractivity contribution is 7.89. The van der Waals surface area contributed by atoms with Gasteiger partial charge in [0.25, 0.3) is 0 Å². The number of hydrogen-bond acceptors (Lipinski definition) is 4. The van der Waals surface area contributed by atoms with E-state index in [-0.39, 0.29) is 26.1 Å². The van der Waals surface area contributed by atoms with E-state index in [9.17, 15) is 22.0 Å². The quantitative estimate of drug-likeness (QED) is 0.740. The summed E-state index contributed by atoms with van der Waals surface area (Å²) in [5.74, 6) is -2.34. The van der Waals surface area contributed by atoms with Gasteiger partial charge in [0.15, 0.2) is 4.90 Å². The van der Waals surface area contributed by atoms with Gasteiger partial charge < -0.3 is 10.5 Å². The van der Waals surface area contributed by atoms with Gasteiger partial charge in [-0.1, -0.05) is 24.3 Å². The van der Waals surface area contributed by atoms with E-state index in [0.29, 0.717) is 18.6 Å². The molecule has 0 saturated carbocycles. The third kappa shape index (κ3) is 4.73. The molecule has 29 heavy (non-hydrogen) atoms. The molecule has 0 radical (unpaired) electrons. The van der Waals surface area contributed by atoms with Crippen LogP contribution < -0.4 is 10.5 Å². The van der Waals surface area contributed by atoms with E-state index in [2.05, 4.69) is 0 Å². The normalized spacial score (nSPS) is 20.3. The Kier molecular flexibility index (Phi) is 6.18. The highest BCUT2D eigenvalue weighted by Gasteiger charge is 2.43. The number of piperidine rings is 1. The van der Waals surface area contributed by atoms with Gasteiger partial charge >= 0.3 is 0 Å². The molecule has 0 aromatic heterocycles. The smallest absolute Gasteiger partial charge is 0.248 e. The molecule has 9 heteroatoms. The van der Waals surface area contributed by atoms with Crippen molar-refractivity contribution in [2.24, 2.45) is 11.1 Å². The second-order valence-corrected chi connectivity index (χ2v) is 9.11. The first kappa shape index (κ1) is 21.2. The van der Waals surface area contributed by atoms with Crippen molar-refractivity contribution in [3.05, 3.63) is 60.2 Å². The Labute approximate surface area is 168 Å². The number of primary amides is 1. The van der Waals surface area contributed by atoms with Crippen molar-refractivity contribution in [2.45, 2.75) is 24.2 Å². The summed E-state index contributed by atoms with van der Waals surface area (Å²) in [7, 11) is -4.44. The highest BCUT2D eigenvalue weighted by Crippen LogP contribution is 2.37. The van der Waals surface area contributed by atoms with Crippen molar-refractivity contribution in [1.29, 1.82) is 0 Å². The lowest BCUT2D eigenvalue weighted by Crippen LogP contribution is -2.50. The number of benzene rings is 2. The molecule has 2 aromatic rings. The van der Waals surface area contributed by atoms with Crippen LogP contribution in [0.1, 0.15) is 19.3 Å². The van der Waals surface area contributed by atoms with E-state index in [0.717, 1.165) is 22.5 Å². The van der Waals surface area contributed by atoms with Gasteiger partial charge in [-0.3, -0.25) is 4.79 Å². The largest absolute Gasteiger partial charge is 0.493 e. The fourth-order valence-electron chi connectivity index (χ4n) is 3.66. The summed E-state index contributed by atoms with van der Waals surface area (Å²) in [6.45, 7) is 0.00651. The number of halogens is 2. The van der Waals surface area contributed by atoms with E-state index in [4.69, 9.17) is 10.5 Å². The van der Waals surface area contributed by atoms with Crippen LogP contribution in [-0.4, -0.2) is 38.3 Å². The average Bonchev–Trinajstić information content (AvgIpc) is 2.67. The molecule has 2 aromatic carbocycles. The molecular weight excluding hydrogens is 402 g/mol. The van der Waals surface area contributed by atoms with E-state index >= 15 is 0 Å². The maximum atomic E-state index is 14.1. The van der Waals surface area contributed by atoms with Gasteiger partial charge in [0.1, 0.15) is 17.4 Å². The van der Waals surface area contributed by atoms with Crippen LogP contribution in [0.15, 0.2) is 53.4 Å². The Morgan fingerprint density at radius 1 is 1.10 bits per heavy atom. The molecule has 3 rings (SSSR count). The fraction of sp³-hybridized carbons (Fsp3) is 0.350. The first-order chi connectivity index (χ1) is 13.7. The first-order valence-corrected chi connectivity index (χ1v) is 10.6. The minimum Gasteiger partial charge on any atom is -0.493 e. The standard InChI is InChI=1S/C20H22F2N2O4S/c21-16-8-4-9-17(22)19(16)29(26,27)24-11-5-10-20(13-24,12-18(23)25)14-28-15-6-2-1-3-7-15/h1-4,6-9H,5,10-14H2,(H2,23,25). The minimum absolute atomic E-state index is 0.0473. The molecule has 0 aliphatic carbocycles. The van der Waals surface area contributed by atoms with Crippen LogP contribution >= 0.6 is 0 Å². The topological polar surface area (TPSA) is 89.7 Å². The van der Waals surface area contributed by atoms with Crippen molar-refractivity contribution in [1.82, 2.24) is 4.31 Å². The molecule has 1 unspecified atom stereocenters. The number of carbonyl (C=O) groups is 1. The van der Waals surface area contributed by atoms with Crippen molar-refractivity contribution in [2.75, 3.05) is 19.7 Å². The van der Waals surface area contributed by atoms with Crippen LogP contribution in [0.5, 0.6) is 5.75 Å². The molecule has 1 atom stereocenters. The second kappa shape index (κ2) is 8.46. The Hall–Kier alpha value is -2.52. The number of hydrogen-bond donors (Lipinski definition) is 1. The summed E-state index contributed by atoms with van der Waals surface area (Å²) >= 11 is 0. The number of para-hydroxylation sites is 1. The Balaban J connectivity index is 1.89. The number of rotatable bonds is 7. The van der Waals surface area contributed by atoms with Crippen LogP contribution in [-0.2, 0) is 14.8 Å². The third-order valence-electron chi connectivity index (χ3n) is 4.98. The van der Waals surface area contributed by atoms with Crippen molar-refractivity contribution in [3.63, 3.8) is 0 Å². The summed E-state index contributed by atoms with van der Waals surface area (Å²) in [6.07, 6.45) is 0.793. The van der Waals surface area contributed by atoms with Gasteiger partial charge in [-0.05, 0) is 37.1 Å². The molecule has 1 heterocycles. The van der Waals surface area contributed by atoms with Gasteiger partial charge in [0, 0.05) is 24.9 Å². The molecule has 2 N–H and O–H groups in total. The lowest BCUT2D eigenvalue weighted by atomic mass is 9.78. The van der Waals surface area contributed by atoms with Crippen LogP contribution in [0, 0.1) is 17.0 Å². The lowest BCUT2D eigenvalue weighted by Gasteiger charge is -2.41. The van der Waals surface area contributed by atoms with Crippen molar-refractivity contribution < 1.29 is 26.7 Å². The van der Waals surface area contributed by atoms with Gasteiger partial charge in [0.2, 0.25) is 15.9 Å². The maximum absolute atomic E-state index is 14.1. The Bertz CT molecular complexity index is 965. The zero-order valence-electron chi connectivity index (χ0n) is 15.7. The van der Waals surface area contributed by atoms with Gasteiger partial charge in [0.05, 0.1) is 6.61 Å². The average molecular weight is 424 g/mol. The van der Waals surface area contributed by atoms with Crippen molar-refractivity contribution in [3.8, 4) is 5.75 Å². The van der Waals surface area contributed by atoms with Crippen LogP contribution in [0.2, 0.25) is 0 Å². The summed E-state index contributed by atoms with van der Waals surface area (Å²) in [6, 6.07) is 11.8.